The van der Waals surface area contributed by atoms with Crippen LogP contribution in [0.5, 0.6) is 11.5 Å². The minimum absolute atomic E-state index is 0.582. The molecular weight excluding hydrogens is 206 g/mol. The molecule has 0 saturated carbocycles. The summed E-state index contributed by atoms with van der Waals surface area (Å²) in [7, 11) is 3.22. The van der Waals surface area contributed by atoms with Crippen LogP contribution < -0.4 is 20.7 Å². The maximum Gasteiger partial charge on any atom is 0.145 e. The lowest BCUT2D eigenvalue weighted by molar-refractivity contribution is 0.410. The van der Waals surface area contributed by atoms with Crippen molar-refractivity contribution in [2.24, 2.45) is 5.84 Å². The van der Waals surface area contributed by atoms with E-state index in [1.807, 2.05) is 18.2 Å². The Morgan fingerprint density at radius 1 is 1.06 bits per heavy atom. The van der Waals surface area contributed by atoms with Gasteiger partial charge in [0.25, 0.3) is 0 Å². The molecule has 84 valence electrons. The van der Waals surface area contributed by atoms with Crippen molar-refractivity contribution in [3.05, 3.63) is 24.3 Å². The van der Waals surface area contributed by atoms with Crippen molar-refractivity contribution in [1.82, 2.24) is 4.98 Å². The van der Waals surface area contributed by atoms with Crippen LogP contribution >= 0.6 is 0 Å². The van der Waals surface area contributed by atoms with E-state index in [0.29, 0.717) is 11.6 Å². The van der Waals surface area contributed by atoms with Gasteiger partial charge in [0.2, 0.25) is 0 Å². The Morgan fingerprint density at radius 3 is 2.38 bits per heavy atom. The molecule has 0 fully saturated rings. The number of nitrogens with zero attached hydrogens (tertiary/aromatic N) is 1. The van der Waals surface area contributed by atoms with E-state index in [2.05, 4.69) is 10.4 Å². The molecule has 0 unspecified atom stereocenters. The fourth-order valence-corrected chi connectivity index (χ4v) is 1.59. The van der Waals surface area contributed by atoms with Crippen LogP contribution in [0.4, 0.5) is 5.82 Å². The number of pyridine rings is 1. The summed E-state index contributed by atoms with van der Waals surface area (Å²) in [5.41, 5.74) is 3.22. The third-order valence-electron chi connectivity index (χ3n) is 2.37. The summed E-state index contributed by atoms with van der Waals surface area (Å²) in [4.78, 5) is 4.33. The number of rotatable bonds is 3. The van der Waals surface area contributed by atoms with Gasteiger partial charge in [-0.3, -0.25) is 0 Å². The number of nitrogens with two attached hydrogens (primary N) is 1. The van der Waals surface area contributed by atoms with Crippen molar-refractivity contribution in [2.45, 2.75) is 0 Å². The van der Waals surface area contributed by atoms with E-state index in [-0.39, 0.29) is 0 Å². The second-order valence-corrected chi connectivity index (χ2v) is 3.21. The van der Waals surface area contributed by atoms with Crippen molar-refractivity contribution in [2.75, 3.05) is 19.6 Å². The summed E-state index contributed by atoms with van der Waals surface area (Å²) in [5, 5.41) is 0.890. The fraction of sp³-hybridized carbons (Fsp3) is 0.182. The minimum Gasteiger partial charge on any atom is -0.496 e. The second-order valence-electron chi connectivity index (χ2n) is 3.21. The van der Waals surface area contributed by atoms with E-state index in [9.17, 15) is 0 Å². The molecule has 5 nitrogen and oxygen atoms in total. The largest absolute Gasteiger partial charge is 0.496 e. The van der Waals surface area contributed by atoms with Crippen molar-refractivity contribution >= 4 is 16.7 Å². The van der Waals surface area contributed by atoms with E-state index in [1.54, 1.807) is 20.3 Å². The molecule has 0 spiro atoms. The summed E-state index contributed by atoms with van der Waals surface area (Å²) in [6, 6.07) is 7.33. The SMILES string of the molecule is COc1ccc(OC)c2nc(NN)ccc12. The number of hydrazine groups is 1. The number of fused-ring (bicyclic) bond motifs is 1. The van der Waals surface area contributed by atoms with Crippen LogP contribution in [0.2, 0.25) is 0 Å². The Kier molecular flexibility index (Phi) is 2.78. The van der Waals surface area contributed by atoms with Gasteiger partial charge in [-0.1, -0.05) is 0 Å². The molecule has 16 heavy (non-hydrogen) atoms. The lowest BCUT2D eigenvalue weighted by atomic mass is 10.2. The zero-order chi connectivity index (χ0) is 11.5. The molecule has 2 aromatic rings. The van der Waals surface area contributed by atoms with Crippen molar-refractivity contribution < 1.29 is 9.47 Å². The first-order valence-corrected chi connectivity index (χ1v) is 4.78. The van der Waals surface area contributed by atoms with Gasteiger partial charge in [0.1, 0.15) is 22.8 Å². The zero-order valence-electron chi connectivity index (χ0n) is 9.15. The first-order chi connectivity index (χ1) is 7.80. The molecule has 0 aliphatic carbocycles. The summed E-state index contributed by atoms with van der Waals surface area (Å²) in [5.74, 6) is 7.35. The smallest absolute Gasteiger partial charge is 0.145 e. The third kappa shape index (κ3) is 1.61. The average molecular weight is 219 g/mol. The summed E-state index contributed by atoms with van der Waals surface area (Å²) >= 11 is 0. The van der Waals surface area contributed by atoms with Crippen LogP contribution in [-0.2, 0) is 0 Å². The van der Waals surface area contributed by atoms with Crippen LogP contribution in [0, 0.1) is 0 Å². The molecule has 0 aliphatic heterocycles. The normalized spacial score (nSPS) is 10.2. The van der Waals surface area contributed by atoms with E-state index in [0.717, 1.165) is 16.7 Å². The van der Waals surface area contributed by atoms with Crippen LogP contribution in [-0.4, -0.2) is 19.2 Å². The molecule has 2 rings (SSSR count). The fourth-order valence-electron chi connectivity index (χ4n) is 1.59. The average Bonchev–Trinajstić information content (AvgIpc) is 2.36. The molecule has 0 radical (unpaired) electrons. The van der Waals surface area contributed by atoms with Gasteiger partial charge in [0.15, 0.2) is 0 Å². The maximum atomic E-state index is 5.32. The van der Waals surface area contributed by atoms with Crippen LogP contribution in [0.3, 0.4) is 0 Å². The molecule has 0 aliphatic rings. The Bertz CT molecular complexity index is 514. The summed E-state index contributed by atoms with van der Waals surface area (Å²) < 4.78 is 10.5. The second kappa shape index (κ2) is 4.24. The van der Waals surface area contributed by atoms with E-state index in [1.165, 1.54) is 0 Å². The zero-order valence-corrected chi connectivity index (χ0v) is 9.15. The highest BCUT2D eigenvalue weighted by molar-refractivity contribution is 5.91. The number of nitrogens with one attached hydrogen (secondary N) is 1. The van der Waals surface area contributed by atoms with E-state index in [4.69, 9.17) is 15.3 Å². The van der Waals surface area contributed by atoms with Gasteiger partial charge in [0, 0.05) is 5.39 Å². The van der Waals surface area contributed by atoms with Crippen LogP contribution in [0.25, 0.3) is 10.9 Å². The van der Waals surface area contributed by atoms with Gasteiger partial charge in [-0.2, -0.15) is 0 Å². The number of anilines is 1. The number of ether oxygens (including phenoxy) is 2. The highest BCUT2D eigenvalue weighted by atomic mass is 16.5. The van der Waals surface area contributed by atoms with E-state index < -0.39 is 0 Å². The molecule has 1 aromatic heterocycles. The number of methoxy groups -OCH3 is 2. The third-order valence-corrected chi connectivity index (χ3v) is 2.37. The topological polar surface area (TPSA) is 69.4 Å². The number of nitrogen functional groups attached to an aromatic ring is 1. The molecule has 1 heterocycles. The molecule has 0 atom stereocenters. The number of hydrogen-bond acceptors (Lipinski definition) is 5. The van der Waals surface area contributed by atoms with Crippen molar-refractivity contribution in [3.8, 4) is 11.5 Å². The molecule has 5 heteroatoms. The van der Waals surface area contributed by atoms with Crippen molar-refractivity contribution in [3.63, 3.8) is 0 Å². The van der Waals surface area contributed by atoms with Gasteiger partial charge >= 0.3 is 0 Å². The Labute approximate surface area is 93.1 Å². The van der Waals surface area contributed by atoms with Crippen LogP contribution in [0.1, 0.15) is 0 Å². The van der Waals surface area contributed by atoms with Crippen LogP contribution in [0.15, 0.2) is 24.3 Å². The predicted octanol–water partition coefficient (Wildman–Crippen LogP) is 1.54. The number of hydrogen-bond donors (Lipinski definition) is 2. The predicted molar refractivity (Wildman–Crippen MR) is 62.7 cm³/mol. The van der Waals surface area contributed by atoms with Crippen molar-refractivity contribution in [1.29, 1.82) is 0 Å². The van der Waals surface area contributed by atoms with Gasteiger partial charge in [0.05, 0.1) is 14.2 Å². The first-order valence-electron chi connectivity index (χ1n) is 4.78. The Balaban J connectivity index is 2.74. The highest BCUT2D eigenvalue weighted by Gasteiger charge is 2.08. The molecule has 3 N–H and O–H groups in total. The molecule has 1 aromatic carbocycles. The summed E-state index contributed by atoms with van der Waals surface area (Å²) in [6.07, 6.45) is 0. The lowest BCUT2D eigenvalue weighted by Gasteiger charge is -2.09. The van der Waals surface area contributed by atoms with Gasteiger partial charge in [-0.05, 0) is 24.3 Å². The molecular formula is C11H13N3O2. The molecule has 0 saturated heterocycles. The van der Waals surface area contributed by atoms with Gasteiger partial charge in [-0.15, -0.1) is 0 Å². The quantitative estimate of drug-likeness (QED) is 0.605. The monoisotopic (exact) mass is 219 g/mol. The highest BCUT2D eigenvalue weighted by Crippen LogP contribution is 2.32. The van der Waals surface area contributed by atoms with E-state index >= 15 is 0 Å². The Hall–Kier alpha value is -2.01. The molecule has 0 bridgehead atoms. The van der Waals surface area contributed by atoms with Gasteiger partial charge in [-0.25, -0.2) is 10.8 Å². The summed E-state index contributed by atoms with van der Waals surface area (Å²) in [6.45, 7) is 0. The maximum absolute atomic E-state index is 5.32. The minimum atomic E-state index is 0.582. The first kappa shape index (κ1) is 10.5. The lowest BCUT2D eigenvalue weighted by Crippen LogP contribution is -2.08. The van der Waals surface area contributed by atoms with Gasteiger partial charge < -0.3 is 14.9 Å². The number of aromatic nitrogens is 1. The Morgan fingerprint density at radius 2 is 1.75 bits per heavy atom. The number of benzene rings is 1. The molecule has 0 amide bonds. The standard InChI is InChI=1S/C11H13N3O2/c1-15-8-4-5-9(16-2)11-7(8)3-6-10(13-11)14-12/h3-6H,12H2,1-2H3,(H,13,14).